The number of benzene rings is 1. The summed E-state index contributed by atoms with van der Waals surface area (Å²) in [6.45, 7) is 3.12. The van der Waals surface area contributed by atoms with Crippen molar-refractivity contribution in [3.63, 3.8) is 0 Å². The van der Waals surface area contributed by atoms with Gasteiger partial charge in [0.25, 0.3) is 0 Å². The summed E-state index contributed by atoms with van der Waals surface area (Å²) >= 11 is 3.67. The highest BCUT2D eigenvalue weighted by atomic mass is 79.9. The Balaban J connectivity index is 1.56. The number of fused-ring (bicyclic) bond motifs is 3. The molecule has 0 bridgehead atoms. The van der Waals surface area contributed by atoms with Gasteiger partial charge < -0.3 is 4.90 Å². The van der Waals surface area contributed by atoms with E-state index in [1.54, 1.807) is 0 Å². The van der Waals surface area contributed by atoms with E-state index in [0.29, 0.717) is 11.8 Å². The highest BCUT2D eigenvalue weighted by Gasteiger charge is 2.40. The number of Topliss-reactive ketones (excluding diaryl/α,β-unsaturated/α-hetero) is 1. The Morgan fingerprint density at radius 1 is 1.26 bits per heavy atom. The van der Waals surface area contributed by atoms with Gasteiger partial charge in [0, 0.05) is 42.3 Å². The topological polar surface area (TPSA) is 23.6 Å². The van der Waals surface area contributed by atoms with Crippen molar-refractivity contribution < 1.29 is 4.79 Å². The lowest BCUT2D eigenvalue weighted by atomic mass is 9.88. The van der Waals surface area contributed by atoms with E-state index in [0.717, 1.165) is 38.9 Å². The van der Waals surface area contributed by atoms with Gasteiger partial charge in [-0.3, -0.25) is 9.69 Å². The van der Waals surface area contributed by atoms with Crippen LogP contribution in [0.25, 0.3) is 0 Å². The molecule has 19 heavy (non-hydrogen) atoms. The summed E-state index contributed by atoms with van der Waals surface area (Å²) in [4.78, 5) is 16.6. The molecular weight excluding hydrogens is 304 g/mol. The Morgan fingerprint density at radius 3 is 2.89 bits per heavy atom. The third-order valence-electron chi connectivity index (χ3n) is 4.83. The first-order chi connectivity index (χ1) is 9.24. The van der Waals surface area contributed by atoms with Gasteiger partial charge in [-0.15, -0.1) is 0 Å². The van der Waals surface area contributed by atoms with E-state index in [4.69, 9.17) is 0 Å². The maximum Gasteiger partial charge on any atom is 0.150 e. The first kappa shape index (κ1) is 11.9. The Bertz CT molecular complexity index is 545. The Kier molecular flexibility index (Phi) is 2.71. The molecule has 0 aromatic heterocycles. The van der Waals surface area contributed by atoms with E-state index >= 15 is 0 Å². The number of ketones is 1. The van der Waals surface area contributed by atoms with Crippen molar-refractivity contribution in [3.8, 4) is 0 Å². The fourth-order valence-corrected chi connectivity index (χ4v) is 4.20. The number of hydrogen-bond donors (Lipinski definition) is 0. The smallest absolute Gasteiger partial charge is 0.150 e. The molecule has 100 valence electrons. The number of halogens is 1. The van der Waals surface area contributed by atoms with Crippen LogP contribution in [0.5, 0.6) is 0 Å². The first-order valence-corrected chi connectivity index (χ1v) is 7.84. The molecule has 2 heterocycles. The molecule has 2 aliphatic heterocycles. The van der Waals surface area contributed by atoms with E-state index < -0.39 is 0 Å². The van der Waals surface area contributed by atoms with Crippen molar-refractivity contribution in [2.75, 3.05) is 24.5 Å². The highest BCUT2D eigenvalue weighted by molar-refractivity contribution is 9.10. The lowest BCUT2D eigenvalue weighted by molar-refractivity contribution is -0.131. The predicted molar refractivity (Wildman–Crippen MR) is 78.6 cm³/mol. The quantitative estimate of drug-likeness (QED) is 0.792. The molecule has 1 unspecified atom stereocenters. The van der Waals surface area contributed by atoms with E-state index in [1.807, 2.05) is 0 Å². The minimum absolute atomic E-state index is 0.231. The minimum Gasteiger partial charge on any atom is -0.365 e. The molecule has 1 aromatic carbocycles. The predicted octanol–water partition coefficient (Wildman–Crippen LogP) is 2.23. The third kappa shape index (κ3) is 1.77. The highest BCUT2D eigenvalue weighted by Crippen LogP contribution is 2.39. The van der Waals surface area contributed by atoms with Crippen molar-refractivity contribution in [1.82, 2.24) is 4.90 Å². The van der Waals surface area contributed by atoms with Gasteiger partial charge in [0.1, 0.15) is 5.78 Å². The monoisotopic (exact) mass is 320 g/mol. The molecule has 0 amide bonds. The van der Waals surface area contributed by atoms with E-state index in [9.17, 15) is 4.79 Å². The summed E-state index contributed by atoms with van der Waals surface area (Å²) in [5, 5.41) is 0. The minimum atomic E-state index is 0.231. The summed E-state index contributed by atoms with van der Waals surface area (Å²) in [6, 6.07) is 7.26. The van der Waals surface area contributed by atoms with Gasteiger partial charge in [0.15, 0.2) is 0 Å². The number of anilines is 1. The summed E-state index contributed by atoms with van der Waals surface area (Å²) < 4.78 is 1.23. The standard InChI is InChI=1S/C15H17BrN2O/c16-12-2-1-3-13-11(12)8-10-9-17(6-7-18(10)13)14-4-5-15(14)19/h1-3,10,14H,4-9H2/t10?,14-/m1/s1. The van der Waals surface area contributed by atoms with Gasteiger partial charge in [-0.1, -0.05) is 22.0 Å². The Morgan fingerprint density at radius 2 is 2.16 bits per heavy atom. The van der Waals surface area contributed by atoms with Crippen molar-refractivity contribution in [3.05, 3.63) is 28.2 Å². The average molecular weight is 321 g/mol. The Labute approximate surface area is 121 Å². The van der Waals surface area contributed by atoms with Crippen LogP contribution in [-0.4, -0.2) is 42.4 Å². The second-order valence-corrected chi connectivity index (χ2v) is 6.66. The lowest BCUT2D eigenvalue weighted by Gasteiger charge is -2.44. The van der Waals surface area contributed by atoms with Crippen LogP contribution in [0.2, 0.25) is 0 Å². The zero-order chi connectivity index (χ0) is 13.0. The number of nitrogens with zero attached hydrogens (tertiary/aromatic N) is 2. The van der Waals surface area contributed by atoms with Crippen LogP contribution in [0, 0.1) is 0 Å². The van der Waals surface area contributed by atoms with Gasteiger partial charge in [0.05, 0.1) is 6.04 Å². The van der Waals surface area contributed by atoms with Crippen LogP contribution in [0.1, 0.15) is 18.4 Å². The van der Waals surface area contributed by atoms with Crippen molar-refractivity contribution in [2.24, 2.45) is 0 Å². The molecule has 1 aromatic rings. The number of carbonyl (C=O) groups excluding carboxylic acids is 1. The molecule has 0 radical (unpaired) electrons. The normalized spacial score (nSPS) is 29.9. The van der Waals surface area contributed by atoms with E-state index in [2.05, 4.69) is 43.9 Å². The van der Waals surface area contributed by atoms with Crippen molar-refractivity contribution in [1.29, 1.82) is 0 Å². The van der Waals surface area contributed by atoms with Crippen LogP contribution in [0.4, 0.5) is 5.69 Å². The van der Waals surface area contributed by atoms with Crippen molar-refractivity contribution >= 4 is 27.4 Å². The SMILES string of the molecule is O=C1CC[C@H]1N1CCN2c3cccc(Br)c3CC2C1. The lowest BCUT2D eigenvalue weighted by Crippen LogP contribution is -2.59. The maximum absolute atomic E-state index is 11.6. The van der Waals surface area contributed by atoms with Crippen LogP contribution in [0.3, 0.4) is 0 Å². The molecule has 4 heteroatoms. The zero-order valence-corrected chi connectivity index (χ0v) is 12.4. The summed E-state index contributed by atoms with van der Waals surface area (Å²) in [5.74, 6) is 0.449. The van der Waals surface area contributed by atoms with Gasteiger partial charge in [-0.2, -0.15) is 0 Å². The molecule has 2 atom stereocenters. The van der Waals surface area contributed by atoms with Gasteiger partial charge in [0.2, 0.25) is 0 Å². The van der Waals surface area contributed by atoms with E-state index in [1.165, 1.54) is 15.7 Å². The molecule has 4 rings (SSSR count). The number of hydrogen-bond acceptors (Lipinski definition) is 3. The Hall–Kier alpha value is -0.870. The number of carbonyl (C=O) groups is 1. The molecule has 1 saturated carbocycles. The van der Waals surface area contributed by atoms with Gasteiger partial charge in [-0.05, 0) is 30.5 Å². The van der Waals surface area contributed by atoms with Crippen molar-refractivity contribution in [2.45, 2.75) is 31.3 Å². The van der Waals surface area contributed by atoms with Gasteiger partial charge in [-0.25, -0.2) is 0 Å². The first-order valence-electron chi connectivity index (χ1n) is 7.05. The zero-order valence-electron chi connectivity index (χ0n) is 10.8. The van der Waals surface area contributed by atoms with E-state index in [-0.39, 0.29) is 6.04 Å². The van der Waals surface area contributed by atoms with Crippen LogP contribution in [0.15, 0.2) is 22.7 Å². The molecule has 0 N–H and O–H groups in total. The molecule has 1 saturated heterocycles. The third-order valence-corrected chi connectivity index (χ3v) is 5.58. The van der Waals surface area contributed by atoms with Gasteiger partial charge >= 0.3 is 0 Å². The second kappa shape index (κ2) is 4.32. The van der Waals surface area contributed by atoms with Crippen LogP contribution in [-0.2, 0) is 11.2 Å². The molecule has 0 spiro atoms. The molecule has 3 aliphatic rings. The average Bonchev–Trinajstić information content (AvgIpc) is 2.76. The summed E-state index contributed by atoms with van der Waals surface area (Å²) in [5.41, 5.74) is 2.83. The maximum atomic E-state index is 11.6. The fraction of sp³-hybridized carbons (Fsp3) is 0.533. The molecular formula is C15H17BrN2O. The molecule has 1 aliphatic carbocycles. The van der Waals surface area contributed by atoms with Crippen LogP contribution >= 0.6 is 15.9 Å². The summed E-state index contributed by atoms with van der Waals surface area (Å²) in [6.07, 6.45) is 2.97. The molecule has 2 fully saturated rings. The largest absolute Gasteiger partial charge is 0.365 e. The summed E-state index contributed by atoms with van der Waals surface area (Å²) in [7, 11) is 0. The second-order valence-electron chi connectivity index (χ2n) is 5.80. The number of piperazine rings is 1. The molecule has 3 nitrogen and oxygen atoms in total. The van der Waals surface area contributed by atoms with Crippen LogP contribution < -0.4 is 4.90 Å². The number of rotatable bonds is 1. The fourth-order valence-electron chi connectivity index (χ4n) is 3.69.